The van der Waals surface area contributed by atoms with Crippen LogP contribution in [0, 0.1) is 7.43 Å². The van der Waals surface area contributed by atoms with Crippen molar-refractivity contribution in [3.63, 3.8) is 0 Å². The molecule has 548 valence electrons. The summed E-state index contributed by atoms with van der Waals surface area (Å²) < 4.78 is 14.6. The van der Waals surface area contributed by atoms with Crippen LogP contribution in [-0.4, -0.2) is 71.6 Å². The molecule has 1 fully saturated rings. The van der Waals surface area contributed by atoms with Gasteiger partial charge in [0.25, 0.3) is 0 Å². The number of hydrogen-bond donors (Lipinski definition) is 0. The van der Waals surface area contributed by atoms with Gasteiger partial charge in [-0.25, -0.2) is 44.9 Å². The highest BCUT2D eigenvalue weighted by Gasteiger charge is 2.51. The first-order valence-electron chi connectivity index (χ1n) is 36.8. The van der Waals surface area contributed by atoms with Crippen LogP contribution < -0.4 is 5.46 Å². The minimum atomic E-state index is -0.401. The van der Waals surface area contributed by atoms with Gasteiger partial charge >= 0.3 is 7.12 Å². The van der Waals surface area contributed by atoms with Gasteiger partial charge in [-0.3, -0.25) is 0 Å². The molecule has 4 heterocycles. The molecule has 0 aliphatic carbocycles. The van der Waals surface area contributed by atoms with E-state index in [1.54, 1.807) is 0 Å². The molecule has 18 aromatic rings. The standard InChI is InChI=1S/C56H36N6.C27H26BN3O2.C14H8Br2.CH3.BH4/c1-5-17-39(18-6-1)51-57-52(40-19-7-2-8-20-40)60-55(59-51)43-33-29-37(30-34-43)49-47-27-15-13-25-45(47)46-26-14-16-28-48(46)50(49)38-31-35-44(36-32-38)56-61-53(41-21-9-3-10-22-41)58-54(62-56)42-23-11-4-12-24-42;1-26(2)27(3,4)33-28(32-26)22-17-15-21(16-18-22)25-30-23(19-11-7-5-8-12-19)29-24(31-25)20-13-9-6-10-14-20;15-13-11-7-3-1-5-9(11)10-6-2-4-8-12(10)14(13)16;;/h1-36H;5-18H,1-4H3;1-8H;1H3;1H4/q;;;2*-1. The molecule has 0 amide bonds. The van der Waals surface area contributed by atoms with Crippen LogP contribution in [-0.2, 0) is 9.31 Å². The molecule has 0 unspecified atom stereocenters. The highest BCUT2D eigenvalue weighted by molar-refractivity contribution is 9.13. The van der Waals surface area contributed by atoms with Crippen LogP contribution in [0.3, 0.4) is 0 Å². The molecular weight excluding hydrogens is 1520 g/mol. The Kier molecular flexibility index (Phi) is 22.2. The summed E-state index contributed by atoms with van der Waals surface area (Å²) in [6.07, 6.45) is 0. The van der Waals surface area contributed by atoms with Gasteiger partial charge in [-0.1, -0.05) is 360 Å². The quantitative estimate of drug-likeness (QED) is 0.0657. The zero-order valence-corrected chi connectivity index (χ0v) is 65.3. The minimum absolute atomic E-state index is 0. The Labute approximate surface area is 677 Å². The molecular formula is C98H77B2Br2N9O2-2. The van der Waals surface area contributed by atoms with E-state index in [2.05, 4.69) is 205 Å². The van der Waals surface area contributed by atoms with E-state index in [-0.39, 0.29) is 27.0 Å². The van der Waals surface area contributed by atoms with Crippen molar-refractivity contribution < 1.29 is 9.31 Å². The van der Waals surface area contributed by atoms with E-state index in [9.17, 15) is 0 Å². The van der Waals surface area contributed by atoms with Crippen molar-refractivity contribution in [3.8, 4) is 125 Å². The van der Waals surface area contributed by atoms with Gasteiger partial charge in [0.15, 0.2) is 52.4 Å². The van der Waals surface area contributed by atoms with Gasteiger partial charge in [-0.15, -0.1) is 0 Å². The maximum Gasteiger partial charge on any atom is 0.494 e. The van der Waals surface area contributed by atoms with E-state index in [0.29, 0.717) is 52.4 Å². The van der Waals surface area contributed by atoms with Gasteiger partial charge < -0.3 is 16.7 Å². The van der Waals surface area contributed by atoms with Crippen molar-refractivity contribution in [2.24, 2.45) is 0 Å². The van der Waals surface area contributed by atoms with Crippen molar-refractivity contribution in [2.75, 3.05) is 0 Å². The molecule has 0 saturated carbocycles. The predicted molar refractivity (Wildman–Crippen MR) is 478 cm³/mol. The smallest absolute Gasteiger partial charge is 0.399 e. The van der Waals surface area contributed by atoms with Crippen LogP contribution in [0.1, 0.15) is 27.7 Å². The Morgan fingerprint density at radius 1 is 0.212 bits per heavy atom. The first-order chi connectivity index (χ1) is 54.3. The minimum Gasteiger partial charge on any atom is -0.399 e. The van der Waals surface area contributed by atoms with Gasteiger partial charge in [-0.2, -0.15) is 0 Å². The van der Waals surface area contributed by atoms with Gasteiger partial charge in [0.2, 0.25) is 0 Å². The SMILES string of the molecule is Brc1c(Br)c2ccccc2c2ccccc12.CC1(C)OB(c2ccc(-c3nc(-c4ccccc4)nc(-c4ccccc4)n3)cc2)OC1(C)C.[BH4-].[CH3-].c1ccc(-c2nc(-c3ccccc3)nc(-c3ccc(-c4c(-c5ccc(-c6nc(-c7ccccc7)nc(-c7ccccc7)n6)cc5)c5ccccc5c5ccccc45)cc3)n2)cc1. The van der Waals surface area contributed by atoms with Gasteiger partial charge in [0.05, 0.1) is 11.2 Å². The topological polar surface area (TPSA) is 134 Å². The molecule has 0 spiro atoms. The normalized spacial score (nSPS) is 12.6. The lowest BCUT2D eigenvalue weighted by atomic mass is 9.79. The Hall–Kier alpha value is -12.6. The molecule has 0 atom stereocenters. The lowest BCUT2D eigenvalue weighted by Gasteiger charge is -2.32. The fourth-order valence-corrected chi connectivity index (χ4v) is 15.1. The molecule has 1 aliphatic rings. The maximum absolute atomic E-state index is 6.19. The largest absolute Gasteiger partial charge is 0.494 e. The molecule has 19 rings (SSSR count). The number of aromatic nitrogens is 9. The third-order valence-corrected chi connectivity index (χ3v) is 22.6. The van der Waals surface area contributed by atoms with Crippen LogP contribution in [0.4, 0.5) is 0 Å². The monoisotopic (exact) mass is 1590 g/mol. The Morgan fingerprint density at radius 2 is 0.381 bits per heavy atom. The second kappa shape index (κ2) is 33.1. The van der Waals surface area contributed by atoms with Crippen molar-refractivity contribution in [2.45, 2.75) is 38.9 Å². The van der Waals surface area contributed by atoms with Crippen LogP contribution in [0.25, 0.3) is 168 Å². The first kappa shape index (κ1) is 75.8. The highest BCUT2D eigenvalue weighted by atomic mass is 79.9. The average Bonchev–Trinajstić information content (AvgIpc) is 1.41. The van der Waals surface area contributed by atoms with Crippen molar-refractivity contribution in [1.82, 2.24) is 44.9 Å². The molecule has 11 nitrogen and oxygen atoms in total. The zero-order valence-electron chi connectivity index (χ0n) is 62.2. The molecule has 15 heteroatoms. The third kappa shape index (κ3) is 15.8. The summed E-state index contributed by atoms with van der Waals surface area (Å²) in [6.45, 7) is 8.23. The van der Waals surface area contributed by atoms with Gasteiger partial charge in [0, 0.05) is 59.0 Å². The maximum atomic E-state index is 6.19. The molecule has 15 aromatic carbocycles. The van der Waals surface area contributed by atoms with Crippen LogP contribution in [0.15, 0.2) is 361 Å². The second-order valence-corrected chi connectivity index (χ2v) is 29.6. The molecule has 113 heavy (non-hydrogen) atoms. The van der Waals surface area contributed by atoms with E-state index in [0.717, 1.165) is 86.7 Å². The number of fused-ring (bicyclic) bond motifs is 6. The molecule has 0 N–H and O–H groups in total. The number of benzene rings is 15. The molecule has 0 bridgehead atoms. The van der Waals surface area contributed by atoms with Gasteiger partial charge in [0.1, 0.15) is 0 Å². The Morgan fingerprint density at radius 3 is 0.611 bits per heavy atom. The summed E-state index contributed by atoms with van der Waals surface area (Å²) in [4.78, 5) is 44.1. The van der Waals surface area contributed by atoms with E-state index < -0.39 is 7.12 Å². The number of rotatable bonds is 12. The summed E-state index contributed by atoms with van der Waals surface area (Å²) in [6, 6.07) is 120. The first-order valence-corrected chi connectivity index (χ1v) is 38.4. The summed E-state index contributed by atoms with van der Waals surface area (Å²) >= 11 is 7.31. The third-order valence-electron chi connectivity index (χ3n) is 20.4. The summed E-state index contributed by atoms with van der Waals surface area (Å²) in [7, 11) is -0.401. The Bertz CT molecular complexity index is 5920. The van der Waals surface area contributed by atoms with Crippen LogP contribution in [0.5, 0.6) is 0 Å². The van der Waals surface area contributed by atoms with E-state index in [1.807, 2.05) is 206 Å². The summed E-state index contributed by atoms with van der Waals surface area (Å²) in [5.41, 5.74) is 13.1. The average molecular weight is 1590 g/mol. The number of halogens is 2. The molecule has 3 aromatic heterocycles. The fourth-order valence-electron chi connectivity index (χ4n) is 13.9. The molecule has 1 saturated heterocycles. The molecule has 1 aliphatic heterocycles. The lowest BCUT2D eigenvalue weighted by Crippen LogP contribution is -2.41. The number of nitrogens with zero attached hydrogens (tertiary/aromatic N) is 9. The highest BCUT2D eigenvalue weighted by Crippen LogP contribution is 2.46. The van der Waals surface area contributed by atoms with Gasteiger partial charge in [-0.05, 0) is 130 Å². The Balaban J connectivity index is 0.000000163. The lowest BCUT2D eigenvalue weighted by molar-refractivity contribution is 0.00578. The second-order valence-electron chi connectivity index (χ2n) is 28.0. The van der Waals surface area contributed by atoms with Crippen molar-refractivity contribution in [3.05, 3.63) is 368 Å². The van der Waals surface area contributed by atoms with E-state index in [4.69, 9.17) is 54.2 Å². The van der Waals surface area contributed by atoms with Crippen molar-refractivity contribution >= 4 is 95.9 Å². The van der Waals surface area contributed by atoms with E-state index >= 15 is 0 Å². The number of hydrogen-bond acceptors (Lipinski definition) is 11. The predicted octanol–water partition coefficient (Wildman–Crippen LogP) is 23.4. The zero-order chi connectivity index (χ0) is 75.4. The van der Waals surface area contributed by atoms with Crippen LogP contribution in [0.2, 0.25) is 0 Å². The molecule has 0 radical (unpaired) electrons. The fraction of sp³-hybridized carbons (Fsp3) is 0.0612. The summed E-state index contributed by atoms with van der Waals surface area (Å²) in [5, 5.41) is 9.81. The van der Waals surface area contributed by atoms with Crippen molar-refractivity contribution in [1.29, 1.82) is 0 Å². The van der Waals surface area contributed by atoms with Crippen LogP contribution >= 0.6 is 31.9 Å². The van der Waals surface area contributed by atoms with E-state index in [1.165, 1.54) is 43.1 Å². The summed E-state index contributed by atoms with van der Waals surface area (Å²) in [5.74, 6) is 5.69.